The van der Waals surface area contributed by atoms with Crippen molar-refractivity contribution in [2.24, 2.45) is 11.8 Å². The molecule has 72 heavy (non-hydrogen) atoms. The fourth-order valence-electron chi connectivity index (χ4n) is 8.67. The zero-order valence-corrected chi connectivity index (χ0v) is 40.1. The Morgan fingerprint density at radius 3 is 1.69 bits per heavy atom. The number of aromatic carboxylic acids is 1. The van der Waals surface area contributed by atoms with Gasteiger partial charge in [-0.25, -0.2) is 24.7 Å². The van der Waals surface area contributed by atoms with Gasteiger partial charge in [-0.2, -0.15) is 26.3 Å². The van der Waals surface area contributed by atoms with Crippen molar-refractivity contribution in [3.8, 4) is 22.5 Å². The molecule has 382 valence electrons. The minimum absolute atomic E-state index is 0. The summed E-state index contributed by atoms with van der Waals surface area (Å²) in [5.41, 5.74) is 2.09. The van der Waals surface area contributed by atoms with Crippen LogP contribution >= 0.6 is 22.7 Å². The van der Waals surface area contributed by atoms with Gasteiger partial charge < -0.3 is 26.0 Å². The van der Waals surface area contributed by atoms with Gasteiger partial charge in [-0.1, -0.05) is 81.9 Å². The van der Waals surface area contributed by atoms with Gasteiger partial charge in [-0.05, 0) is 68.3 Å². The molecule has 6 aromatic heterocycles. The highest BCUT2D eigenvalue weighted by Crippen LogP contribution is 2.33. The Hall–Kier alpha value is -6.84. The summed E-state index contributed by atoms with van der Waals surface area (Å²) in [6.45, 7) is 6.94. The van der Waals surface area contributed by atoms with Gasteiger partial charge in [0, 0.05) is 73.8 Å². The number of carbonyl (C=O) groups excluding carboxylic acids is 1. The van der Waals surface area contributed by atoms with Gasteiger partial charge in [0.15, 0.2) is 15.6 Å². The lowest BCUT2D eigenvalue weighted by molar-refractivity contribution is -0.138. The molecular formula is C51H56F6N10O3S2. The number of halogens is 6. The van der Waals surface area contributed by atoms with Gasteiger partial charge in [0.05, 0.1) is 17.2 Å². The first kappa shape index (κ1) is 53.0. The number of anilines is 2. The molecule has 2 aromatic carbocycles. The molecule has 13 nitrogen and oxygen atoms in total. The van der Waals surface area contributed by atoms with Crippen LogP contribution in [0, 0.1) is 11.8 Å². The lowest BCUT2D eigenvalue weighted by atomic mass is 9.90. The number of carbonyl (C=O) groups is 2. The van der Waals surface area contributed by atoms with Gasteiger partial charge in [-0.15, -0.1) is 22.7 Å². The SMILES string of the molecule is C.C[C@@H]1CCCN(C(=O)c2c(-c3ccccc3)nc3sccn23)[C@@H]1CNc1ccc(C(F)(F)F)cn1.C[C@@H]1CCCN[C@@H]1CNc1ccc(C(F)(F)F)cn1.O=C(O)c1c(-c2ccccc2)nc2sccn12.[2HH]. The minimum atomic E-state index is -4.43. The van der Waals surface area contributed by atoms with E-state index in [0.29, 0.717) is 65.3 Å². The van der Waals surface area contributed by atoms with Crippen molar-refractivity contribution < 1.29 is 42.5 Å². The van der Waals surface area contributed by atoms with Crippen molar-refractivity contribution in [2.45, 2.75) is 71.4 Å². The number of nitrogens with zero attached hydrogens (tertiary/aromatic N) is 7. The number of imidazole rings is 2. The molecule has 0 saturated carbocycles. The number of rotatable bonds is 10. The third-order valence-electron chi connectivity index (χ3n) is 12.5. The highest BCUT2D eigenvalue weighted by molar-refractivity contribution is 7.15. The number of piperidine rings is 2. The van der Waals surface area contributed by atoms with Crippen molar-refractivity contribution in [2.75, 3.05) is 36.8 Å². The average Bonchev–Trinajstić information content (AvgIpc) is 4.17. The Kier molecular flexibility index (Phi) is 17.0. The van der Waals surface area contributed by atoms with Crippen molar-refractivity contribution >= 4 is 56.1 Å². The summed E-state index contributed by atoms with van der Waals surface area (Å²) in [6, 6.07) is 23.9. The normalized spacial score (nSPS) is 18.0. The maximum Gasteiger partial charge on any atom is 0.417 e. The number of likely N-dealkylation sites (tertiary alicyclic amines) is 1. The van der Waals surface area contributed by atoms with Crippen LogP contribution in [0.15, 0.2) is 120 Å². The molecule has 8 heterocycles. The molecule has 0 aliphatic carbocycles. The number of hydrogen-bond acceptors (Lipinski definition) is 11. The molecule has 4 N–H and O–H groups in total. The number of pyridine rings is 2. The van der Waals surface area contributed by atoms with E-state index in [1.807, 2.05) is 86.9 Å². The molecule has 4 atom stereocenters. The second-order valence-electron chi connectivity index (χ2n) is 17.3. The number of thiazole rings is 2. The van der Waals surface area contributed by atoms with Crippen molar-refractivity contribution in [1.29, 1.82) is 0 Å². The highest BCUT2D eigenvalue weighted by Gasteiger charge is 2.36. The number of hydrogen-bond donors (Lipinski definition) is 4. The molecule has 2 aliphatic rings. The zero-order valence-electron chi connectivity index (χ0n) is 38.5. The summed E-state index contributed by atoms with van der Waals surface area (Å²) in [6.07, 6.45) is 0.711. The summed E-state index contributed by atoms with van der Waals surface area (Å²) >= 11 is 2.90. The smallest absolute Gasteiger partial charge is 0.417 e. The summed E-state index contributed by atoms with van der Waals surface area (Å²) in [5.74, 6) is 0.532. The van der Waals surface area contributed by atoms with Crippen LogP contribution in [0.1, 0.15) is 80.5 Å². The molecule has 21 heteroatoms. The number of nitrogens with one attached hydrogen (secondary N) is 3. The summed E-state index contributed by atoms with van der Waals surface area (Å²) in [5, 5.41) is 22.6. The molecule has 0 spiro atoms. The standard InChI is InChI=1S/C25H24F3N5OS.C13H18F3N3.C12H8N2O2S.CH4.H2/c1-16-6-5-11-32(19(16)15-30-20-10-9-18(14-29-20)25(26,27)28)23(34)22-21(17-7-3-2-4-8-17)31-24-33(22)12-13-35-24;1-9-3-2-6-17-11(9)8-19-12-5-4-10(7-18-12)13(14,15)16;15-11(16)10-9(8-4-2-1-3-5-8)13-12-14(10)6-7-17-12;;/h2-4,7-10,12-14,16,19H,5-6,11,15H2,1H3,(H,29,30);4-5,7,9,11,17H,2-3,6,8H2,1H3,(H,18,19);1-7H,(H,15,16);1H4;1H/t16-,19-;9-,11-;;;/m11.../s1/i;;;;1+1. The minimum Gasteiger partial charge on any atom is -0.476 e. The number of amides is 1. The van der Waals surface area contributed by atoms with Crippen molar-refractivity contribution in [1.82, 2.24) is 39.0 Å². The summed E-state index contributed by atoms with van der Waals surface area (Å²) in [7, 11) is 0. The van der Waals surface area contributed by atoms with E-state index in [1.54, 1.807) is 10.6 Å². The van der Waals surface area contributed by atoms with E-state index in [-0.39, 0.29) is 32.4 Å². The zero-order chi connectivity index (χ0) is 50.3. The van der Waals surface area contributed by atoms with E-state index in [0.717, 1.165) is 60.0 Å². The Bertz CT molecular complexity index is 3020. The first-order chi connectivity index (χ1) is 34.1. The number of aromatic nitrogens is 6. The molecule has 2 saturated heterocycles. The van der Waals surface area contributed by atoms with E-state index in [4.69, 9.17) is 4.98 Å². The summed E-state index contributed by atoms with van der Waals surface area (Å²) in [4.78, 5) is 45.4. The van der Waals surface area contributed by atoms with E-state index >= 15 is 0 Å². The van der Waals surface area contributed by atoms with Crippen LogP contribution in [0.4, 0.5) is 38.0 Å². The van der Waals surface area contributed by atoms with E-state index in [2.05, 4.69) is 44.7 Å². The first-order valence-electron chi connectivity index (χ1n) is 22.9. The topological polar surface area (TPSA) is 154 Å². The molecule has 0 radical (unpaired) electrons. The predicted molar refractivity (Wildman–Crippen MR) is 272 cm³/mol. The maximum atomic E-state index is 14.0. The highest BCUT2D eigenvalue weighted by atomic mass is 32.1. The van der Waals surface area contributed by atoms with Crippen LogP contribution < -0.4 is 16.0 Å². The van der Waals surface area contributed by atoms with Gasteiger partial charge in [0.1, 0.15) is 28.7 Å². The van der Waals surface area contributed by atoms with Gasteiger partial charge in [0.2, 0.25) is 0 Å². The molecule has 2 aliphatic heterocycles. The van der Waals surface area contributed by atoms with E-state index in [1.165, 1.54) is 47.6 Å². The average molecular weight is 1040 g/mol. The van der Waals surface area contributed by atoms with Gasteiger partial charge in [-0.3, -0.25) is 13.6 Å². The van der Waals surface area contributed by atoms with Gasteiger partial charge in [0.25, 0.3) is 5.91 Å². The first-order valence-corrected chi connectivity index (χ1v) is 24.7. The van der Waals surface area contributed by atoms with Crippen molar-refractivity contribution in [3.63, 3.8) is 0 Å². The van der Waals surface area contributed by atoms with Crippen LogP contribution in [0.3, 0.4) is 0 Å². The quantitative estimate of drug-likeness (QED) is 0.0974. The maximum absolute atomic E-state index is 14.0. The van der Waals surface area contributed by atoms with Crippen LogP contribution in [-0.4, -0.2) is 88.9 Å². The lowest BCUT2D eigenvalue weighted by Gasteiger charge is -2.40. The lowest BCUT2D eigenvalue weighted by Crippen LogP contribution is -2.51. The molecule has 0 bridgehead atoms. The van der Waals surface area contributed by atoms with Crippen LogP contribution in [0.25, 0.3) is 32.4 Å². The third kappa shape index (κ3) is 12.4. The fraction of sp³-hybridized carbons (Fsp3) is 0.333. The number of carboxylic acids is 1. The van der Waals surface area contributed by atoms with Crippen LogP contribution in [-0.2, 0) is 12.4 Å². The predicted octanol–water partition coefficient (Wildman–Crippen LogP) is 12.4. The Morgan fingerprint density at radius 1 is 0.708 bits per heavy atom. The second kappa shape index (κ2) is 23.1. The Labute approximate surface area is 421 Å². The molecule has 1 amide bonds. The largest absolute Gasteiger partial charge is 0.476 e. The summed E-state index contributed by atoms with van der Waals surface area (Å²) < 4.78 is 79.1. The van der Waals surface area contributed by atoms with Gasteiger partial charge >= 0.3 is 18.3 Å². The second-order valence-corrected chi connectivity index (χ2v) is 19.0. The number of alkyl halides is 6. The number of benzene rings is 2. The monoisotopic (exact) mass is 1040 g/mol. The fourth-order valence-corrected chi connectivity index (χ4v) is 10.1. The molecule has 0 unspecified atom stereocenters. The van der Waals surface area contributed by atoms with E-state index in [9.17, 15) is 41.0 Å². The molecule has 8 aromatic rings. The van der Waals surface area contributed by atoms with Crippen molar-refractivity contribution in [3.05, 3.63) is 143 Å². The molecule has 10 rings (SSSR count). The molecule has 2 fully saturated rings. The third-order valence-corrected chi connectivity index (χ3v) is 14.0. The van der Waals surface area contributed by atoms with Crippen LogP contribution in [0.2, 0.25) is 0 Å². The number of carboxylic acid groups (broad SMARTS) is 1. The Balaban J connectivity index is 0.000000193. The molecular weight excluding hydrogens is 979 g/mol. The Morgan fingerprint density at radius 2 is 1.21 bits per heavy atom. The van der Waals surface area contributed by atoms with E-state index < -0.39 is 29.4 Å². The van der Waals surface area contributed by atoms with Crippen LogP contribution in [0.5, 0.6) is 0 Å². The number of fused-ring (bicyclic) bond motifs is 2.